The van der Waals surface area contributed by atoms with Crippen LogP contribution in [-0.4, -0.2) is 43.2 Å². The van der Waals surface area contributed by atoms with E-state index in [1.54, 1.807) is 17.3 Å². The second kappa shape index (κ2) is 7.37. The van der Waals surface area contributed by atoms with Gasteiger partial charge >= 0.3 is 0 Å². The summed E-state index contributed by atoms with van der Waals surface area (Å²) in [5, 5.41) is 2.35. The van der Waals surface area contributed by atoms with Gasteiger partial charge in [0.05, 0.1) is 11.4 Å². The molecule has 3 aliphatic rings. The van der Waals surface area contributed by atoms with Crippen LogP contribution in [0.5, 0.6) is 0 Å². The number of imidazole rings is 1. The molecule has 6 rings (SSSR count). The van der Waals surface area contributed by atoms with Crippen molar-refractivity contribution in [1.82, 2.24) is 24.8 Å². The van der Waals surface area contributed by atoms with Crippen LogP contribution in [0.25, 0.3) is 22.5 Å². The van der Waals surface area contributed by atoms with Crippen LogP contribution in [0.15, 0.2) is 42.7 Å². The predicted octanol–water partition coefficient (Wildman–Crippen LogP) is 2.79. The zero-order valence-corrected chi connectivity index (χ0v) is 18.2. The second-order valence-corrected chi connectivity index (χ2v) is 9.01. The number of carbonyl (C=O) groups excluding carboxylic acids is 3. The van der Waals surface area contributed by atoms with Gasteiger partial charge in [-0.15, -0.1) is 0 Å². The SMILES string of the molecule is Cn1c(C2CC2)nc(-c2ccc3c(c2)CN(C2CCC(=O)NC2=O)C3=O)c1-c1ccncc1. The smallest absolute Gasteiger partial charge is 0.255 e. The fraction of sp³-hybridized carbons (Fsp3) is 0.320. The minimum Gasteiger partial charge on any atom is -0.330 e. The lowest BCUT2D eigenvalue weighted by Gasteiger charge is -2.29. The molecule has 1 unspecified atom stereocenters. The van der Waals surface area contributed by atoms with E-state index in [0.29, 0.717) is 24.4 Å². The first-order valence-electron chi connectivity index (χ1n) is 11.3. The lowest BCUT2D eigenvalue weighted by molar-refractivity contribution is -0.136. The summed E-state index contributed by atoms with van der Waals surface area (Å²) in [6.45, 7) is 0.348. The van der Waals surface area contributed by atoms with Crippen LogP contribution in [0.1, 0.15) is 53.3 Å². The Hall–Kier alpha value is -3.81. The molecule has 1 aromatic carbocycles. The van der Waals surface area contributed by atoms with Crippen molar-refractivity contribution in [3.05, 3.63) is 59.7 Å². The van der Waals surface area contributed by atoms with Crippen LogP contribution in [0.4, 0.5) is 0 Å². The molecule has 1 saturated carbocycles. The van der Waals surface area contributed by atoms with Crippen molar-refractivity contribution < 1.29 is 14.4 Å². The average Bonchev–Trinajstić information content (AvgIpc) is 3.53. The average molecular weight is 441 g/mol. The molecule has 33 heavy (non-hydrogen) atoms. The molecule has 1 aliphatic carbocycles. The van der Waals surface area contributed by atoms with Crippen molar-refractivity contribution in [1.29, 1.82) is 0 Å². The summed E-state index contributed by atoms with van der Waals surface area (Å²) in [6, 6.07) is 9.14. The minimum absolute atomic E-state index is 0.167. The lowest BCUT2D eigenvalue weighted by atomic mass is 10.0. The third-order valence-electron chi connectivity index (χ3n) is 6.82. The van der Waals surface area contributed by atoms with Gasteiger partial charge in [0.2, 0.25) is 11.8 Å². The fourth-order valence-corrected chi connectivity index (χ4v) is 4.99. The van der Waals surface area contributed by atoms with Crippen LogP contribution in [0.3, 0.4) is 0 Å². The number of pyridine rings is 1. The summed E-state index contributed by atoms with van der Waals surface area (Å²) >= 11 is 0. The first-order valence-corrected chi connectivity index (χ1v) is 11.3. The van der Waals surface area contributed by atoms with E-state index in [-0.39, 0.29) is 18.2 Å². The highest BCUT2D eigenvalue weighted by Gasteiger charge is 2.39. The molecule has 4 heterocycles. The molecule has 0 radical (unpaired) electrons. The molecule has 2 aromatic heterocycles. The van der Waals surface area contributed by atoms with Crippen molar-refractivity contribution in [3.63, 3.8) is 0 Å². The van der Waals surface area contributed by atoms with Crippen molar-refractivity contribution in [2.75, 3.05) is 0 Å². The number of fused-ring (bicyclic) bond motifs is 1. The molecular formula is C25H23N5O3. The largest absolute Gasteiger partial charge is 0.330 e. The Morgan fingerprint density at radius 2 is 1.79 bits per heavy atom. The molecule has 0 bridgehead atoms. The van der Waals surface area contributed by atoms with Gasteiger partial charge in [-0.05, 0) is 49.1 Å². The van der Waals surface area contributed by atoms with Crippen molar-refractivity contribution in [2.24, 2.45) is 7.05 Å². The molecular weight excluding hydrogens is 418 g/mol. The summed E-state index contributed by atoms with van der Waals surface area (Å²) in [6.07, 6.45) is 6.47. The van der Waals surface area contributed by atoms with Gasteiger partial charge in [0.15, 0.2) is 0 Å². The Labute approximate surface area is 190 Å². The van der Waals surface area contributed by atoms with Gasteiger partial charge < -0.3 is 9.47 Å². The molecule has 2 aliphatic heterocycles. The maximum absolute atomic E-state index is 13.0. The van der Waals surface area contributed by atoms with Gasteiger partial charge in [-0.3, -0.25) is 24.7 Å². The number of hydrogen-bond acceptors (Lipinski definition) is 5. The van der Waals surface area contributed by atoms with Crippen molar-refractivity contribution in [2.45, 2.75) is 44.2 Å². The maximum Gasteiger partial charge on any atom is 0.255 e. The van der Waals surface area contributed by atoms with Gasteiger partial charge in [0.25, 0.3) is 5.91 Å². The van der Waals surface area contributed by atoms with E-state index in [1.807, 2.05) is 30.3 Å². The number of carbonyl (C=O) groups is 3. The van der Waals surface area contributed by atoms with Gasteiger partial charge in [-0.2, -0.15) is 0 Å². The molecule has 0 spiro atoms. The van der Waals surface area contributed by atoms with Gasteiger partial charge in [0.1, 0.15) is 11.9 Å². The Morgan fingerprint density at radius 1 is 1.00 bits per heavy atom. The molecule has 8 heteroatoms. The highest BCUT2D eigenvalue weighted by molar-refractivity contribution is 6.05. The number of nitrogens with one attached hydrogen (secondary N) is 1. The molecule has 166 valence electrons. The number of imide groups is 1. The number of hydrogen-bond donors (Lipinski definition) is 1. The molecule has 1 atom stereocenters. The molecule has 3 amide bonds. The van der Waals surface area contributed by atoms with Crippen LogP contribution < -0.4 is 5.32 Å². The van der Waals surface area contributed by atoms with Gasteiger partial charge in [-0.1, -0.05) is 6.07 Å². The normalized spacial score (nSPS) is 20.2. The van der Waals surface area contributed by atoms with E-state index in [0.717, 1.165) is 46.7 Å². The summed E-state index contributed by atoms with van der Waals surface area (Å²) in [5.41, 5.74) is 5.39. The highest BCUT2D eigenvalue weighted by Crippen LogP contribution is 2.43. The number of benzene rings is 1. The van der Waals surface area contributed by atoms with Crippen LogP contribution in [0.2, 0.25) is 0 Å². The third kappa shape index (κ3) is 3.25. The van der Waals surface area contributed by atoms with Crippen molar-refractivity contribution in [3.8, 4) is 22.5 Å². The monoisotopic (exact) mass is 441 g/mol. The highest BCUT2D eigenvalue weighted by atomic mass is 16.2. The summed E-state index contributed by atoms with van der Waals surface area (Å²) < 4.78 is 2.18. The van der Waals surface area contributed by atoms with Crippen LogP contribution in [0, 0.1) is 0 Å². The number of nitrogens with zero attached hydrogens (tertiary/aromatic N) is 4. The quantitative estimate of drug-likeness (QED) is 0.628. The maximum atomic E-state index is 13.0. The zero-order chi connectivity index (χ0) is 22.7. The van der Waals surface area contributed by atoms with E-state index in [4.69, 9.17) is 4.98 Å². The summed E-state index contributed by atoms with van der Waals surface area (Å²) in [7, 11) is 2.06. The first-order chi connectivity index (χ1) is 16.0. The second-order valence-electron chi connectivity index (χ2n) is 9.01. The number of aromatic nitrogens is 3. The number of amides is 3. The van der Waals surface area contributed by atoms with Gasteiger partial charge in [-0.25, -0.2) is 4.98 Å². The zero-order valence-electron chi connectivity index (χ0n) is 18.2. The minimum atomic E-state index is -0.616. The first kappa shape index (κ1) is 19.8. The Morgan fingerprint density at radius 3 is 2.52 bits per heavy atom. The summed E-state index contributed by atoms with van der Waals surface area (Å²) in [4.78, 5) is 47.7. The predicted molar refractivity (Wildman–Crippen MR) is 120 cm³/mol. The fourth-order valence-electron chi connectivity index (χ4n) is 4.99. The summed E-state index contributed by atoms with van der Waals surface area (Å²) in [5.74, 6) is 0.723. The van der Waals surface area contributed by atoms with E-state index < -0.39 is 11.9 Å². The molecule has 1 N–H and O–H groups in total. The van der Waals surface area contributed by atoms with Crippen LogP contribution >= 0.6 is 0 Å². The van der Waals surface area contributed by atoms with E-state index >= 15 is 0 Å². The molecule has 1 saturated heterocycles. The van der Waals surface area contributed by atoms with Crippen LogP contribution in [-0.2, 0) is 23.2 Å². The Balaban J connectivity index is 1.39. The Bertz CT molecular complexity index is 1310. The standard InChI is InChI=1S/C25H23N5O3/c1-29-22(14-8-10-26-11-9-14)21(28-23(29)15-2-3-15)16-4-5-18-17(12-16)13-30(25(18)33)19-6-7-20(31)27-24(19)32/h4-5,8-12,15,19H,2-3,6-7,13H2,1H3,(H,27,31,32). The molecule has 3 aromatic rings. The lowest BCUT2D eigenvalue weighted by Crippen LogP contribution is -2.52. The third-order valence-corrected chi connectivity index (χ3v) is 6.82. The van der Waals surface area contributed by atoms with Gasteiger partial charge in [0, 0.05) is 55.0 Å². The molecule has 2 fully saturated rings. The number of piperidine rings is 1. The van der Waals surface area contributed by atoms with E-state index in [9.17, 15) is 14.4 Å². The number of rotatable bonds is 4. The van der Waals surface area contributed by atoms with E-state index in [1.165, 1.54) is 0 Å². The van der Waals surface area contributed by atoms with E-state index in [2.05, 4.69) is 21.9 Å². The van der Waals surface area contributed by atoms with Crippen molar-refractivity contribution >= 4 is 17.7 Å². The molecule has 8 nitrogen and oxygen atoms in total. The Kier molecular flexibility index (Phi) is 4.43. The topological polar surface area (TPSA) is 97.2 Å².